The second kappa shape index (κ2) is 9.95. The number of benzene rings is 2. The summed E-state index contributed by atoms with van der Waals surface area (Å²) in [6.07, 6.45) is 0. The third-order valence-electron chi connectivity index (χ3n) is 4.48. The van der Waals surface area contributed by atoms with Crippen molar-refractivity contribution >= 4 is 34.8 Å². The molecule has 1 saturated heterocycles. The molecule has 0 unspecified atom stereocenters. The van der Waals surface area contributed by atoms with E-state index in [0.29, 0.717) is 28.9 Å². The smallest absolute Gasteiger partial charge is 0.238 e. The van der Waals surface area contributed by atoms with Crippen molar-refractivity contribution in [2.45, 2.75) is 0 Å². The molecule has 144 valence electrons. The topological polar surface area (TPSA) is 44.8 Å². The molecule has 1 fully saturated rings. The van der Waals surface area contributed by atoms with Crippen molar-refractivity contribution in [3.8, 4) is 5.75 Å². The highest BCUT2D eigenvalue weighted by Gasteiger charge is 2.19. The molecule has 0 atom stereocenters. The summed E-state index contributed by atoms with van der Waals surface area (Å²) >= 11 is 12.2. The van der Waals surface area contributed by atoms with E-state index in [9.17, 15) is 4.79 Å². The van der Waals surface area contributed by atoms with Gasteiger partial charge in [-0.2, -0.15) is 0 Å². The van der Waals surface area contributed by atoms with Gasteiger partial charge in [0.1, 0.15) is 12.4 Å². The van der Waals surface area contributed by atoms with Gasteiger partial charge in [-0.15, -0.1) is 0 Å². The number of anilines is 1. The van der Waals surface area contributed by atoms with E-state index in [2.05, 4.69) is 15.1 Å². The summed E-state index contributed by atoms with van der Waals surface area (Å²) in [7, 11) is 0. The summed E-state index contributed by atoms with van der Waals surface area (Å²) < 4.78 is 5.74. The lowest BCUT2D eigenvalue weighted by atomic mass is 10.3. The van der Waals surface area contributed by atoms with Crippen LogP contribution in [0.1, 0.15) is 0 Å². The minimum atomic E-state index is -0.106. The molecule has 0 bridgehead atoms. The SMILES string of the molecule is O=C(CN1CCN(CCOc2ccccc2)CC1)Nc1c(Cl)cccc1Cl. The van der Waals surface area contributed by atoms with Crippen LogP contribution in [0.4, 0.5) is 5.69 Å². The van der Waals surface area contributed by atoms with Gasteiger partial charge in [-0.3, -0.25) is 14.6 Å². The Morgan fingerprint density at radius 2 is 1.56 bits per heavy atom. The maximum Gasteiger partial charge on any atom is 0.238 e. The second-order valence-corrected chi connectivity index (χ2v) is 7.24. The first kappa shape index (κ1) is 20.0. The Morgan fingerprint density at radius 1 is 0.926 bits per heavy atom. The van der Waals surface area contributed by atoms with E-state index in [1.807, 2.05) is 30.3 Å². The largest absolute Gasteiger partial charge is 0.492 e. The molecule has 1 N–H and O–H groups in total. The summed E-state index contributed by atoms with van der Waals surface area (Å²) in [5, 5.41) is 3.70. The molecule has 1 amide bonds. The number of nitrogens with zero attached hydrogens (tertiary/aromatic N) is 2. The molecule has 5 nitrogen and oxygen atoms in total. The monoisotopic (exact) mass is 407 g/mol. The first-order valence-corrected chi connectivity index (χ1v) is 9.74. The van der Waals surface area contributed by atoms with Crippen LogP contribution in [-0.4, -0.2) is 61.6 Å². The average molecular weight is 408 g/mol. The number of nitrogens with one attached hydrogen (secondary N) is 1. The van der Waals surface area contributed by atoms with E-state index in [1.54, 1.807) is 18.2 Å². The van der Waals surface area contributed by atoms with E-state index in [4.69, 9.17) is 27.9 Å². The molecule has 27 heavy (non-hydrogen) atoms. The molecule has 0 saturated carbocycles. The number of para-hydroxylation sites is 2. The molecule has 3 rings (SSSR count). The lowest BCUT2D eigenvalue weighted by Gasteiger charge is -2.34. The normalized spacial score (nSPS) is 15.5. The predicted octanol–water partition coefficient (Wildman–Crippen LogP) is 3.63. The van der Waals surface area contributed by atoms with Crippen molar-refractivity contribution in [1.29, 1.82) is 0 Å². The van der Waals surface area contributed by atoms with Crippen LogP contribution in [0.3, 0.4) is 0 Å². The van der Waals surface area contributed by atoms with Crippen LogP contribution in [0.25, 0.3) is 0 Å². The van der Waals surface area contributed by atoms with Crippen LogP contribution in [0.15, 0.2) is 48.5 Å². The predicted molar refractivity (Wildman–Crippen MR) is 110 cm³/mol. The Morgan fingerprint density at radius 3 is 2.22 bits per heavy atom. The molecule has 1 aliphatic heterocycles. The lowest BCUT2D eigenvalue weighted by molar-refractivity contribution is -0.117. The van der Waals surface area contributed by atoms with E-state index in [-0.39, 0.29) is 5.91 Å². The van der Waals surface area contributed by atoms with Crippen molar-refractivity contribution in [2.75, 3.05) is 51.2 Å². The molecular weight excluding hydrogens is 385 g/mol. The van der Waals surface area contributed by atoms with E-state index < -0.39 is 0 Å². The number of hydrogen-bond donors (Lipinski definition) is 1. The van der Waals surface area contributed by atoms with Crippen molar-refractivity contribution < 1.29 is 9.53 Å². The zero-order valence-electron chi connectivity index (χ0n) is 15.0. The summed E-state index contributed by atoms with van der Waals surface area (Å²) in [5.41, 5.74) is 0.475. The second-order valence-electron chi connectivity index (χ2n) is 6.42. The summed E-state index contributed by atoms with van der Waals surface area (Å²) in [4.78, 5) is 16.8. The first-order valence-electron chi connectivity index (χ1n) is 8.98. The Bertz CT molecular complexity index is 730. The molecule has 2 aromatic rings. The minimum Gasteiger partial charge on any atom is -0.492 e. The molecule has 0 aromatic heterocycles. The number of rotatable bonds is 7. The number of amides is 1. The summed E-state index contributed by atoms with van der Waals surface area (Å²) in [6, 6.07) is 15.0. The third-order valence-corrected chi connectivity index (χ3v) is 5.11. The number of halogens is 2. The van der Waals surface area contributed by atoms with Gasteiger partial charge in [0.2, 0.25) is 5.91 Å². The number of ether oxygens (including phenoxy) is 1. The standard InChI is InChI=1S/C20H23Cl2N3O2/c21-17-7-4-8-18(22)20(17)23-19(26)15-25-11-9-24(10-12-25)13-14-27-16-5-2-1-3-6-16/h1-8H,9-15H2,(H,23,26). The Hall–Kier alpha value is -1.79. The summed E-state index contributed by atoms with van der Waals surface area (Å²) in [6.45, 7) is 5.39. The zero-order chi connectivity index (χ0) is 19.1. The van der Waals surface area contributed by atoms with Gasteiger partial charge in [-0.1, -0.05) is 47.5 Å². The number of carbonyl (C=O) groups is 1. The van der Waals surface area contributed by atoms with Crippen LogP contribution in [-0.2, 0) is 4.79 Å². The maximum atomic E-state index is 12.3. The Labute approximate surface area is 169 Å². The van der Waals surface area contributed by atoms with Gasteiger partial charge in [0, 0.05) is 32.7 Å². The maximum absolute atomic E-state index is 12.3. The van der Waals surface area contributed by atoms with Crippen molar-refractivity contribution in [1.82, 2.24) is 9.80 Å². The van der Waals surface area contributed by atoms with Crippen molar-refractivity contribution in [3.05, 3.63) is 58.6 Å². The molecule has 1 heterocycles. The van der Waals surface area contributed by atoms with Gasteiger partial charge in [-0.05, 0) is 24.3 Å². The fourth-order valence-corrected chi connectivity index (χ4v) is 3.47. The van der Waals surface area contributed by atoms with Crippen LogP contribution in [0, 0.1) is 0 Å². The Kier molecular flexibility index (Phi) is 7.35. The molecule has 2 aromatic carbocycles. The number of hydrogen-bond acceptors (Lipinski definition) is 4. The molecule has 0 radical (unpaired) electrons. The molecule has 0 spiro atoms. The fourth-order valence-electron chi connectivity index (χ4n) is 2.98. The van der Waals surface area contributed by atoms with E-state index in [1.165, 1.54) is 0 Å². The number of piperazine rings is 1. The average Bonchev–Trinajstić information content (AvgIpc) is 2.67. The highest BCUT2D eigenvalue weighted by Crippen LogP contribution is 2.29. The third kappa shape index (κ3) is 6.11. The quantitative estimate of drug-likeness (QED) is 0.760. The highest BCUT2D eigenvalue weighted by atomic mass is 35.5. The van der Waals surface area contributed by atoms with E-state index >= 15 is 0 Å². The zero-order valence-corrected chi connectivity index (χ0v) is 16.5. The Balaban J connectivity index is 1.37. The van der Waals surface area contributed by atoms with Crippen LogP contribution in [0.2, 0.25) is 10.0 Å². The van der Waals surface area contributed by atoms with Crippen LogP contribution in [0.5, 0.6) is 5.75 Å². The lowest BCUT2D eigenvalue weighted by Crippen LogP contribution is -2.49. The fraction of sp³-hybridized carbons (Fsp3) is 0.350. The van der Waals surface area contributed by atoms with Gasteiger partial charge in [0.05, 0.1) is 22.3 Å². The first-order chi connectivity index (χ1) is 13.1. The van der Waals surface area contributed by atoms with Crippen LogP contribution < -0.4 is 10.1 Å². The van der Waals surface area contributed by atoms with Gasteiger partial charge < -0.3 is 10.1 Å². The molecule has 7 heteroatoms. The van der Waals surface area contributed by atoms with Gasteiger partial charge in [-0.25, -0.2) is 0 Å². The van der Waals surface area contributed by atoms with Gasteiger partial charge >= 0.3 is 0 Å². The highest BCUT2D eigenvalue weighted by molar-refractivity contribution is 6.39. The van der Waals surface area contributed by atoms with Crippen molar-refractivity contribution in [3.63, 3.8) is 0 Å². The van der Waals surface area contributed by atoms with Gasteiger partial charge in [0.25, 0.3) is 0 Å². The minimum absolute atomic E-state index is 0.106. The molecule has 0 aliphatic carbocycles. The number of carbonyl (C=O) groups excluding carboxylic acids is 1. The van der Waals surface area contributed by atoms with Crippen molar-refractivity contribution in [2.24, 2.45) is 0 Å². The molecule has 1 aliphatic rings. The van der Waals surface area contributed by atoms with E-state index in [0.717, 1.165) is 38.5 Å². The van der Waals surface area contributed by atoms with Crippen LogP contribution >= 0.6 is 23.2 Å². The summed E-state index contributed by atoms with van der Waals surface area (Å²) in [5.74, 6) is 0.789. The molecular formula is C20H23Cl2N3O2. The van der Waals surface area contributed by atoms with Gasteiger partial charge in [0.15, 0.2) is 0 Å².